The molecule has 0 aromatic heterocycles. The third-order valence-corrected chi connectivity index (χ3v) is 7.64. The molecule has 0 heterocycles. The number of rotatable bonds is 9. The topological polar surface area (TPSA) is 24.7 Å². The van der Waals surface area contributed by atoms with Gasteiger partial charge in [0.2, 0.25) is 0 Å². The Hall–Kier alpha value is -3.86. The Balaban J connectivity index is 2.36. The van der Waals surface area contributed by atoms with E-state index in [-0.39, 0.29) is 5.92 Å². The van der Waals surface area contributed by atoms with E-state index in [1.807, 2.05) is 13.8 Å². The number of allylic oxidation sites excluding steroid dienone is 6. The molecule has 0 aliphatic carbocycles. The average molecular weight is 551 g/mol. The molecule has 0 radical (unpaired) electrons. The Morgan fingerprint density at radius 3 is 1.63 bits per heavy atom. The van der Waals surface area contributed by atoms with Crippen molar-refractivity contribution in [2.24, 2.45) is 15.8 Å². The Bertz CT molecular complexity index is 1460. The SMILES string of the molecule is CN=C(C)/C=C(/C)C(C)/C(=C(C)/C(C)=C\C(C)=NB(F)F)c1cc(-c2ccc(C)cc2)cc(-c2ccc(C)cc2)c1. The monoisotopic (exact) mass is 550 g/mol. The number of nitrogens with zero attached hydrogens (tertiary/aromatic N) is 2. The Kier molecular flexibility index (Phi) is 10.9. The van der Waals surface area contributed by atoms with E-state index in [4.69, 9.17) is 0 Å². The van der Waals surface area contributed by atoms with Gasteiger partial charge in [-0.1, -0.05) is 72.2 Å². The van der Waals surface area contributed by atoms with E-state index >= 15 is 0 Å². The van der Waals surface area contributed by atoms with Gasteiger partial charge >= 0.3 is 7.40 Å². The maximum Gasteiger partial charge on any atom is 0.692 e. The van der Waals surface area contributed by atoms with Gasteiger partial charge in [-0.05, 0) is 123 Å². The molecule has 3 aromatic rings. The molecular formula is C36H41BF2N2. The molecule has 0 aliphatic rings. The van der Waals surface area contributed by atoms with Crippen molar-refractivity contribution < 1.29 is 8.63 Å². The predicted molar refractivity (Wildman–Crippen MR) is 176 cm³/mol. The molecule has 3 aromatic carbocycles. The van der Waals surface area contributed by atoms with Crippen LogP contribution in [0.1, 0.15) is 58.2 Å². The predicted octanol–water partition coefficient (Wildman–Crippen LogP) is 10.4. The van der Waals surface area contributed by atoms with Crippen molar-refractivity contribution in [2.45, 2.75) is 55.4 Å². The van der Waals surface area contributed by atoms with E-state index in [0.717, 1.165) is 50.2 Å². The molecule has 0 N–H and O–H groups in total. The summed E-state index contributed by atoms with van der Waals surface area (Å²) >= 11 is 0. The number of aliphatic imine (C=N–C) groups is 1. The second-order valence-electron chi connectivity index (χ2n) is 10.9. The highest BCUT2D eigenvalue weighted by Gasteiger charge is 2.20. The highest BCUT2D eigenvalue weighted by molar-refractivity contribution is 6.43. The maximum atomic E-state index is 13.0. The standard InChI is InChI=1S/C36H41BF2N2/c1-23-10-14-31(15-11-23)33-20-34(32-16-12-24(2)13-17-32)22-35(21-33)36(29(7)25(3)18-27(5)40-9)30(8)26(4)19-28(6)41-37(38)39/h10-22,29H,1-9H3/b25-18-,26-19-,36-30-,40-27?,41-28?. The van der Waals surface area contributed by atoms with Crippen LogP contribution in [0.4, 0.5) is 8.63 Å². The van der Waals surface area contributed by atoms with E-state index < -0.39 is 7.40 Å². The molecule has 5 heteroatoms. The molecule has 0 amide bonds. The fourth-order valence-electron chi connectivity index (χ4n) is 4.97. The summed E-state index contributed by atoms with van der Waals surface area (Å²) in [6.07, 6.45) is 3.86. The van der Waals surface area contributed by atoms with Crippen LogP contribution in [-0.4, -0.2) is 25.9 Å². The zero-order chi connectivity index (χ0) is 30.3. The lowest BCUT2D eigenvalue weighted by atomic mass is 9.81. The van der Waals surface area contributed by atoms with Gasteiger partial charge in [-0.2, -0.15) is 0 Å². The molecule has 0 saturated heterocycles. The first-order valence-corrected chi connectivity index (χ1v) is 14.0. The highest BCUT2D eigenvalue weighted by Crippen LogP contribution is 2.39. The van der Waals surface area contributed by atoms with Gasteiger partial charge in [-0.15, -0.1) is 0 Å². The molecular weight excluding hydrogens is 509 g/mol. The van der Waals surface area contributed by atoms with Gasteiger partial charge in [0.25, 0.3) is 0 Å². The van der Waals surface area contributed by atoms with Gasteiger partial charge in [0.1, 0.15) is 0 Å². The first-order chi connectivity index (χ1) is 19.4. The lowest BCUT2D eigenvalue weighted by molar-refractivity contribution is 0.662. The fourth-order valence-corrected chi connectivity index (χ4v) is 4.97. The number of hydrogen-bond acceptors (Lipinski definition) is 2. The zero-order valence-corrected chi connectivity index (χ0v) is 25.8. The Morgan fingerprint density at radius 1 is 0.707 bits per heavy atom. The minimum atomic E-state index is -2.73. The first-order valence-electron chi connectivity index (χ1n) is 14.0. The normalized spacial score (nSPS) is 14.6. The van der Waals surface area contributed by atoms with Gasteiger partial charge in [0, 0.05) is 24.4 Å². The van der Waals surface area contributed by atoms with Crippen LogP contribution in [0.2, 0.25) is 0 Å². The molecule has 0 aliphatic heterocycles. The number of halogens is 2. The minimum Gasteiger partial charge on any atom is -0.293 e. The van der Waals surface area contributed by atoms with Crippen molar-refractivity contribution in [3.05, 3.63) is 112 Å². The van der Waals surface area contributed by atoms with Crippen molar-refractivity contribution in [1.29, 1.82) is 0 Å². The van der Waals surface area contributed by atoms with E-state index in [1.54, 1.807) is 20.0 Å². The fraction of sp³-hybridized carbons (Fsp3) is 0.278. The second-order valence-corrected chi connectivity index (χ2v) is 10.9. The molecule has 0 spiro atoms. The van der Waals surface area contributed by atoms with E-state index in [0.29, 0.717) is 5.71 Å². The molecule has 2 nitrogen and oxygen atoms in total. The van der Waals surface area contributed by atoms with E-state index in [2.05, 4.69) is 117 Å². The van der Waals surface area contributed by atoms with Gasteiger partial charge in [0.05, 0.1) is 0 Å². The molecule has 41 heavy (non-hydrogen) atoms. The maximum absolute atomic E-state index is 13.0. The van der Waals surface area contributed by atoms with Crippen molar-refractivity contribution >= 4 is 24.4 Å². The summed E-state index contributed by atoms with van der Waals surface area (Å²) in [5.74, 6) is 0.0431. The minimum absolute atomic E-state index is 0.0431. The third-order valence-electron chi connectivity index (χ3n) is 7.64. The lowest BCUT2D eigenvalue weighted by Gasteiger charge is -2.23. The van der Waals surface area contributed by atoms with Crippen LogP contribution < -0.4 is 0 Å². The molecule has 3 rings (SSSR count). The quantitative estimate of drug-likeness (QED) is 0.144. The third kappa shape index (κ3) is 8.56. The molecule has 212 valence electrons. The summed E-state index contributed by atoms with van der Waals surface area (Å²) < 4.78 is 25.9. The molecule has 1 atom stereocenters. The highest BCUT2D eigenvalue weighted by atomic mass is 19.2. The zero-order valence-electron chi connectivity index (χ0n) is 25.8. The lowest BCUT2D eigenvalue weighted by Crippen LogP contribution is -2.07. The van der Waals surface area contributed by atoms with Crippen molar-refractivity contribution in [3.63, 3.8) is 0 Å². The van der Waals surface area contributed by atoms with E-state index in [1.165, 1.54) is 16.7 Å². The number of aryl methyl sites for hydroxylation is 2. The van der Waals surface area contributed by atoms with Crippen LogP contribution >= 0.6 is 0 Å². The summed E-state index contributed by atoms with van der Waals surface area (Å²) in [4.78, 5) is 7.78. The molecule has 0 saturated carbocycles. The van der Waals surface area contributed by atoms with Crippen molar-refractivity contribution in [2.75, 3.05) is 7.05 Å². The molecule has 1 unspecified atom stereocenters. The Morgan fingerprint density at radius 2 is 1.20 bits per heavy atom. The van der Waals surface area contributed by atoms with Gasteiger partial charge < -0.3 is 0 Å². The summed E-state index contributed by atoms with van der Waals surface area (Å²) in [5, 5.41) is 0. The Labute approximate surface area is 245 Å². The smallest absolute Gasteiger partial charge is 0.293 e. The summed E-state index contributed by atoms with van der Waals surface area (Å²) in [5.41, 5.74) is 13.6. The first kappa shape index (κ1) is 31.7. The summed E-state index contributed by atoms with van der Waals surface area (Å²) in [7, 11) is -0.936. The van der Waals surface area contributed by atoms with Gasteiger partial charge in [-0.3, -0.25) is 18.5 Å². The van der Waals surface area contributed by atoms with Crippen LogP contribution in [0.5, 0.6) is 0 Å². The van der Waals surface area contributed by atoms with Crippen LogP contribution in [0.15, 0.2) is 105 Å². The van der Waals surface area contributed by atoms with Gasteiger partial charge in [0.15, 0.2) is 0 Å². The average Bonchev–Trinajstić information content (AvgIpc) is 2.93. The number of hydrogen-bond donors (Lipinski definition) is 0. The second kappa shape index (κ2) is 14.2. The van der Waals surface area contributed by atoms with Crippen LogP contribution in [0.25, 0.3) is 27.8 Å². The molecule has 0 bridgehead atoms. The summed E-state index contributed by atoms with van der Waals surface area (Å²) in [6.45, 7) is 16.2. The van der Waals surface area contributed by atoms with E-state index in [9.17, 15) is 8.63 Å². The largest absolute Gasteiger partial charge is 0.692 e. The molecule has 0 fully saturated rings. The van der Waals surface area contributed by atoms with Crippen LogP contribution in [0.3, 0.4) is 0 Å². The van der Waals surface area contributed by atoms with Gasteiger partial charge in [-0.25, -0.2) is 0 Å². The summed E-state index contributed by atoms with van der Waals surface area (Å²) in [6, 6.07) is 23.9. The van der Waals surface area contributed by atoms with Crippen molar-refractivity contribution in [3.8, 4) is 22.3 Å². The number of benzene rings is 3. The van der Waals surface area contributed by atoms with Crippen molar-refractivity contribution in [1.82, 2.24) is 0 Å². The van der Waals surface area contributed by atoms with Crippen LogP contribution in [-0.2, 0) is 0 Å². The van der Waals surface area contributed by atoms with Crippen LogP contribution in [0, 0.1) is 19.8 Å².